The molecule has 0 fully saturated rings. The molecule has 2 aromatic rings. The van der Waals surface area contributed by atoms with Crippen LogP contribution in [0.3, 0.4) is 0 Å². The van der Waals surface area contributed by atoms with Crippen LogP contribution >= 0.6 is 11.8 Å². The van der Waals surface area contributed by atoms with Gasteiger partial charge in [0.15, 0.2) is 5.16 Å². The average Bonchev–Trinajstić information content (AvgIpc) is 2.82. The lowest BCUT2D eigenvalue weighted by Gasteiger charge is -2.09. The van der Waals surface area contributed by atoms with E-state index in [0.29, 0.717) is 6.61 Å². The monoisotopic (exact) mass is 308 g/mol. The third-order valence-corrected chi connectivity index (χ3v) is 3.90. The number of ether oxygens (including phenoxy) is 1. The summed E-state index contributed by atoms with van der Waals surface area (Å²) in [5.74, 6) is 1.65. The summed E-state index contributed by atoms with van der Waals surface area (Å²) in [4.78, 5) is 11.6. The number of nitrogens with two attached hydrogens (primary N) is 1. The van der Waals surface area contributed by atoms with Crippen molar-refractivity contribution in [2.45, 2.75) is 31.5 Å². The summed E-state index contributed by atoms with van der Waals surface area (Å²) in [6.07, 6.45) is 0.869. The molecule has 21 heavy (non-hydrogen) atoms. The number of aromatic amines is 1. The number of nitrogen functional groups attached to an aromatic ring is 1. The minimum Gasteiger partial charge on any atom is -0.494 e. The first-order valence-electron chi connectivity index (χ1n) is 6.86. The largest absolute Gasteiger partial charge is 0.494 e. The molecule has 0 atom stereocenters. The number of benzene rings is 1. The molecule has 0 aliphatic heterocycles. The van der Waals surface area contributed by atoms with Crippen molar-refractivity contribution < 1.29 is 4.74 Å². The van der Waals surface area contributed by atoms with Gasteiger partial charge in [0, 0.05) is 17.5 Å². The summed E-state index contributed by atoms with van der Waals surface area (Å²) >= 11 is 1.55. The number of hydrogen-bond donors (Lipinski definition) is 2. The molecular formula is C14H20N4O2S. The Morgan fingerprint density at radius 1 is 1.38 bits per heavy atom. The van der Waals surface area contributed by atoms with E-state index in [1.54, 1.807) is 16.3 Å². The highest BCUT2D eigenvalue weighted by Gasteiger charge is 2.11. The van der Waals surface area contributed by atoms with E-state index in [9.17, 15) is 4.79 Å². The highest BCUT2D eigenvalue weighted by atomic mass is 32.2. The Balaban J connectivity index is 1.75. The minimum atomic E-state index is -0.161. The zero-order chi connectivity index (χ0) is 15.2. The maximum atomic E-state index is 11.6. The van der Waals surface area contributed by atoms with Crippen LogP contribution in [0, 0.1) is 0 Å². The fourth-order valence-electron chi connectivity index (χ4n) is 1.82. The van der Waals surface area contributed by atoms with Crippen molar-refractivity contribution >= 4 is 17.4 Å². The van der Waals surface area contributed by atoms with Gasteiger partial charge in [-0.05, 0) is 44.5 Å². The summed E-state index contributed by atoms with van der Waals surface area (Å²) in [5, 5.41) is 7.24. The van der Waals surface area contributed by atoms with Crippen molar-refractivity contribution in [3.8, 4) is 5.75 Å². The van der Waals surface area contributed by atoms with Crippen LogP contribution in [0.1, 0.15) is 26.3 Å². The van der Waals surface area contributed by atoms with Gasteiger partial charge in [-0.15, -0.1) is 5.10 Å². The first-order chi connectivity index (χ1) is 10.1. The third kappa shape index (κ3) is 4.29. The number of nitrogens with one attached hydrogen (secondary N) is 1. The molecule has 0 aliphatic rings. The summed E-state index contributed by atoms with van der Waals surface area (Å²) < 4.78 is 7.27. The molecule has 7 heteroatoms. The second-order valence-corrected chi connectivity index (χ2v) is 5.96. The highest BCUT2D eigenvalue weighted by Crippen LogP contribution is 2.18. The van der Waals surface area contributed by atoms with Crippen LogP contribution in [0.25, 0.3) is 0 Å². The van der Waals surface area contributed by atoms with E-state index in [2.05, 4.69) is 10.2 Å². The van der Waals surface area contributed by atoms with E-state index in [-0.39, 0.29) is 11.7 Å². The number of aromatic nitrogens is 3. The number of anilines is 1. The van der Waals surface area contributed by atoms with Crippen LogP contribution in [0.2, 0.25) is 0 Å². The molecule has 0 bridgehead atoms. The van der Waals surface area contributed by atoms with Gasteiger partial charge in [-0.25, -0.2) is 9.89 Å². The quantitative estimate of drug-likeness (QED) is 0.465. The Kier molecular flexibility index (Phi) is 5.32. The standard InChI is InChI=1S/C14H20N4O2S/c1-10(2)18-13(19)16-17-14(18)21-9-3-8-20-12-6-4-11(15)5-7-12/h4-7,10H,3,8-9,15H2,1-2H3,(H,16,19). The molecule has 0 saturated carbocycles. The van der Waals surface area contributed by atoms with Crippen LogP contribution in [0.4, 0.5) is 5.69 Å². The van der Waals surface area contributed by atoms with E-state index >= 15 is 0 Å². The van der Waals surface area contributed by atoms with E-state index in [4.69, 9.17) is 10.5 Å². The molecule has 0 unspecified atom stereocenters. The molecule has 114 valence electrons. The molecule has 6 nitrogen and oxygen atoms in total. The van der Waals surface area contributed by atoms with Crippen LogP contribution < -0.4 is 16.2 Å². The molecule has 1 aromatic carbocycles. The predicted octanol–water partition coefficient (Wildman–Crippen LogP) is 2.30. The number of rotatable bonds is 7. The predicted molar refractivity (Wildman–Crippen MR) is 84.9 cm³/mol. The van der Waals surface area contributed by atoms with Crippen molar-refractivity contribution in [2.75, 3.05) is 18.1 Å². The second kappa shape index (κ2) is 7.21. The lowest BCUT2D eigenvalue weighted by molar-refractivity contribution is 0.318. The van der Waals surface area contributed by atoms with Gasteiger partial charge < -0.3 is 10.5 Å². The lowest BCUT2D eigenvalue weighted by atomic mass is 10.3. The van der Waals surface area contributed by atoms with Gasteiger partial charge in [0.25, 0.3) is 0 Å². The Labute approximate surface area is 127 Å². The molecule has 1 heterocycles. The molecule has 3 N–H and O–H groups in total. The maximum Gasteiger partial charge on any atom is 0.344 e. The van der Waals surface area contributed by atoms with Gasteiger partial charge in [0.05, 0.1) is 6.61 Å². The fraction of sp³-hybridized carbons (Fsp3) is 0.429. The number of nitrogens with zero attached hydrogens (tertiary/aromatic N) is 2. The van der Waals surface area contributed by atoms with Crippen LogP contribution in [0.5, 0.6) is 5.75 Å². The molecule has 0 amide bonds. The Morgan fingerprint density at radius 2 is 2.10 bits per heavy atom. The number of H-pyrrole nitrogens is 1. The Bertz CT molecular complexity index is 619. The SMILES string of the molecule is CC(C)n1c(SCCCOc2ccc(N)cc2)n[nH]c1=O. The van der Waals surface area contributed by atoms with Gasteiger partial charge in [0.2, 0.25) is 0 Å². The third-order valence-electron chi connectivity index (χ3n) is 2.86. The molecule has 0 saturated heterocycles. The van der Waals surface area contributed by atoms with E-state index in [1.807, 2.05) is 38.1 Å². The fourth-order valence-corrected chi connectivity index (χ4v) is 2.81. The average molecular weight is 308 g/mol. The van der Waals surface area contributed by atoms with Gasteiger partial charge in [-0.1, -0.05) is 11.8 Å². The zero-order valence-electron chi connectivity index (χ0n) is 12.2. The van der Waals surface area contributed by atoms with E-state index in [1.165, 1.54) is 0 Å². The van der Waals surface area contributed by atoms with Crippen molar-refractivity contribution in [3.05, 3.63) is 34.7 Å². The van der Waals surface area contributed by atoms with E-state index < -0.39 is 0 Å². The lowest BCUT2D eigenvalue weighted by Crippen LogP contribution is -2.19. The smallest absolute Gasteiger partial charge is 0.344 e. The van der Waals surface area contributed by atoms with Crippen LogP contribution in [-0.4, -0.2) is 27.1 Å². The van der Waals surface area contributed by atoms with Gasteiger partial charge >= 0.3 is 5.69 Å². The van der Waals surface area contributed by atoms with Gasteiger partial charge in [-0.3, -0.25) is 4.57 Å². The van der Waals surface area contributed by atoms with Crippen molar-refractivity contribution in [1.29, 1.82) is 0 Å². The van der Waals surface area contributed by atoms with Crippen LogP contribution in [0.15, 0.2) is 34.2 Å². The van der Waals surface area contributed by atoms with Crippen molar-refractivity contribution in [1.82, 2.24) is 14.8 Å². The van der Waals surface area contributed by atoms with Crippen molar-refractivity contribution in [3.63, 3.8) is 0 Å². The summed E-state index contributed by atoms with van der Waals surface area (Å²) in [7, 11) is 0. The second-order valence-electron chi connectivity index (χ2n) is 4.89. The maximum absolute atomic E-state index is 11.6. The van der Waals surface area contributed by atoms with E-state index in [0.717, 1.165) is 28.8 Å². The molecule has 0 aliphatic carbocycles. The summed E-state index contributed by atoms with van der Waals surface area (Å²) in [6, 6.07) is 7.44. The molecule has 0 radical (unpaired) electrons. The van der Waals surface area contributed by atoms with Gasteiger partial charge in [0.1, 0.15) is 5.75 Å². The molecular weight excluding hydrogens is 288 g/mol. The molecule has 0 spiro atoms. The highest BCUT2D eigenvalue weighted by molar-refractivity contribution is 7.99. The molecule has 2 rings (SSSR count). The first kappa shape index (κ1) is 15.5. The normalized spacial score (nSPS) is 11.0. The number of hydrogen-bond acceptors (Lipinski definition) is 5. The van der Waals surface area contributed by atoms with Crippen LogP contribution in [-0.2, 0) is 0 Å². The minimum absolute atomic E-state index is 0.102. The first-order valence-corrected chi connectivity index (χ1v) is 7.84. The molecule has 1 aromatic heterocycles. The number of thioether (sulfide) groups is 1. The van der Waals surface area contributed by atoms with Gasteiger partial charge in [-0.2, -0.15) is 0 Å². The topological polar surface area (TPSA) is 85.9 Å². The summed E-state index contributed by atoms with van der Waals surface area (Å²) in [6.45, 7) is 4.55. The van der Waals surface area contributed by atoms with Crippen molar-refractivity contribution in [2.24, 2.45) is 0 Å². The Morgan fingerprint density at radius 3 is 2.76 bits per heavy atom. The summed E-state index contributed by atoms with van der Waals surface area (Å²) in [5.41, 5.74) is 6.17. The zero-order valence-corrected chi connectivity index (χ0v) is 13.0. The Hall–Kier alpha value is -1.89.